The molecule has 1 aliphatic heterocycles. The van der Waals surface area contributed by atoms with Crippen LogP contribution in [0.5, 0.6) is 0 Å². The summed E-state index contributed by atoms with van der Waals surface area (Å²) < 4.78 is 15.1. The van der Waals surface area contributed by atoms with Gasteiger partial charge in [-0.25, -0.2) is 4.79 Å². The summed E-state index contributed by atoms with van der Waals surface area (Å²) >= 11 is 0. The van der Waals surface area contributed by atoms with Crippen LogP contribution < -0.4 is 0 Å². The van der Waals surface area contributed by atoms with Gasteiger partial charge in [0.1, 0.15) is 5.60 Å². The predicted molar refractivity (Wildman–Crippen MR) is 80.4 cm³/mol. The van der Waals surface area contributed by atoms with E-state index in [1.54, 1.807) is 51.1 Å². The lowest BCUT2D eigenvalue weighted by atomic mass is 9.84. The van der Waals surface area contributed by atoms with Crippen LogP contribution in [0.4, 0.5) is 0 Å². The standard InChI is InChI=1S/C17H20O6/c1-17(2,3)23-15(19)12-11(10-8-6-5-7-9-10)13(16(20)21-4)22-14(12)18/h5-9,11-13H,1-4H3/t11-,12+,13+/m0/s1. The van der Waals surface area contributed by atoms with E-state index in [4.69, 9.17) is 14.2 Å². The van der Waals surface area contributed by atoms with Crippen molar-refractivity contribution in [3.8, 4) is 0 Å². The second-order valence-corrected chi connectivity index (χ2v) is 6.33. The van der Waals surface area contributed by atoms with Crippen molar-refractivity contribution in [3.63, 3.8) is 0 Å². The normalized spacial score (nSPS) is 24.0. The van der Waals surface area contributed by atoms with Crippen LogP contribution in [0.1, 0.15) is 32.3 Å². The first-order chi connectivity index (χ1) is 10.7. The van der Waals surface area contributed by atoms with Gasteiger partial charge >= 0.3 is 17.9 Å². The maximum absolute atomic E-state index is 12.4. The summed E-state index contributed by atoms with van der Waals surface area (Å²) in [6.45, 7) is 5.13. The largest absolute Gasteiger partial charge is 0.466 e. The Morgan fingerprint density at radius 1 is 1.09 bits per heavy atom. The number of carbonyl (C=O) groups excluding carboxylic acids is 3. The Hall–Kier alpha value is -2.37. The minimum absolute atomic E-state index is 0.643. The van der Waals surface area contributed by atoms with E-state index in [1.165, 1.54) is 7.11 Å². The molecule has 0 bridgehead atoms. The second kappa shape index (κ2) is 6.40. The first-order valence-electron chi connectivity index (χ1n) is 7.30. The van der Waals surface area contributed by atoms with Crippen molar-refractivity contribution < 1.29 is 28.6 Å². The van der Waals surface area contributed by atoms with Gasteiger partial charge in [-0.05, 0) is 26.3 Å². The highest BCUT2D eigenvalue weighted by atomic mass is 16.6. The van der Waals surface area contributed by atoms with Crippen LogP contribution in [0.15, 0.2) is 30.3 Å². The molecule has 0 saturated carbocycles. The van der Waals surface area contributed by atoms with E-state index in [9.17, 15) is 14.4 Å². The lowest BCUT2D eigenvalue weighted by Gasteiger charge is -2.24. The Labute approximate surface area is 134 Å². The van der Waals surface area contributed by atoms with Crippen LogP contribution in [0, 0.1) is 5.92 Å². The van der Waals surface area contributed by atoms with Gasteiger partial charge in [0.15, 0.2) is 5.92 Å². The summed E-state index contributed by atoms with van der Waals surface area (Å²) in [5.74, 6) is -4.14. The van der Waals surface area contributed by atoms with Crippen LogP contribution >= 0.6 is 0 Å². The fourth-order valence-electron chi connectivity index (χ4n) is 2.55. The van der Waals surface area contributed by atoms with E-state index >= 15 is 0 Å². The average molecular weight is 320 g/mol. The molecule has 2 rings (SSSR count). The molecule has 3 atom stereocenters. The third kappa shape index (κ3) is 3.70. The van der Waals surface area contributed by atoms with Crippen molar-refractivity contribution in [1.82, 2.24) is 0 Å². The Bertz CT molecular complexity index is 601. The Balaban J connectivity index is 2.40. The molecule has 1 aliphatic rings. The molecule has 0 N–H and O–H groups in total. The highest BCUT2D eigenvalue weighted by molar-refractivity contribution is 6.00. The van der Waals surface area contributed by atoms with E-state index < -0.39 is 41.4 Å². The van der Waals surface area contributed by atoms with Crippen molar-refractivity contribution in [2.45, 2.75) is 38.4 Å². The van der Waals surface area contributed by atoms with Gasteiger partial charge in [0.05, 0.1) is 13.0 Å². The van der Waals surface area contributed by atoms with E-state index in [0.717, 1.165) is 0 Å². The number of carbonyl (C=O) groups is 3. The van der Waals surface area contributed by atoms with Crippen LogP contribution in [0.2, 0.25) is 0 Å². The van der Waals surface area contributed by atoms with Crippen molar-refractivity contribution >= 4 is 17.9 Å². The fourth-order valence-corrected chi connectivity index (χ4v) is 2.55. The molecule has 23 heavy (non-hydrogen) atoms. The summed E-state index contributed by atoms with van der Waals surface area (Å²) in [6.07, 6.45) is -1.16. The summed E-state index contributed by atoms with van der Waals surface area (Å²) in [5, 5.41) is 0. The lowest BCUT2D eigenvalue weighted by Crippen LogP contribution is -2.35. The topological polar surface area (TPSA) is 78.9 Å². The third-order valence-corrected chi connectivity index (χ3v) is 3.46. The maximum atomic E-state index is 12.4. The summed E-state index contributed by atoms with van der Waals surface area (Å²) in [7, 11) is 1.21. The quantitative estimate of drug-likeness (QED) is 0.480. The van der Waals surface area contributed by atoms with E-state index in [0.29, 0.717) is 5.56 Å². The summed E-state index contributed by atoms with van der Waals surface area (Å²) in [4.78, 5) is 36.6. The highest BCUT2D eigenvalue weighted by Gasteiger charge is 2.54. The zero-order chi connectivity index (χ0) is 17.2. The zero-order valence-corrected chi connectivity index (χ0v) is 13.6. The van der Waals surface area contributed by atoms with Crippen LogP contribution in [0.25, 0.3) is 0 Å². The van der Waals surface area contributed by atoms with E-state index in [2.05, 4.69) is 0 Å². The number of hydrogen-bond donors (Lipinski definition) is 0. The van der Waals surface area contributed by atoms with Gasteiger partial charge in [-0.1, -0.05) is 30.3 Å². The first-order valence-corrected chi connectivity index (χ1v) is 7.30. The molecular formula is C17H20O6. The molecule has 1 aromatic carbocycles. The molecule has 1 aromatic rings. The van der Waals surface area contributed by atoms with E-state index in [-0.39, 0.29) is 0 Å². The molecule has 0 aromatic heterocycles. The Morgan fingerprint density at radius 2 is 1.70 bits per heavy atom. The van der Waals surface area contributed by atoms with Gasteiger partial charge in [-0.15, -0.1) is 0 Å². The van der Waals surface area contributed by atoms with Gasteiger partial charge in [-0.2, -0.15) is 0 Å². The van der Waals surface area contributed by atoms with Crippen LogP contribution in [0.3, 0.4) is 0 Å². The summed E-state index contributed by atoms with van der Waals surface area (Å²) in [5.41, 5.74) is -0.105. The number of methoxy groups -OCH3 is 1. The number of ether oxygens (including phenoxy) is 3. The molecule has 124 valence electrons. The average Bonchev–Trinajstić information content (AvgIpc) is 2.83. The second-order valence-electron chi connectivity index (χ2n) is 6.33. The van der Waals surface area contributed by atoms with Gasteiger partial charge in [0.25, 0.3) is 0 Å². The maximum Gasteiger partial charge on any atom is 0.347 e. The molecular weight excluding hydrogens is 300 g/mol. The molecule has 1 saturated heterocycles. The molecule has 6 nitrogen and oxygen atoms in total. The molecule has 0 aliphatic carbocycles. The van der Waals surface area contributed by atoms with Crippen molar-refractivity contribution in [1.29, 1.82) is 0 Å². The van der Waals surface area contributed by atoms with Crippen molar-refractivity contribution in [2.75, 3.05) is 7.11 Å². The van der Waals surface area contributed by atoms with Crippen molar-refractivity contribution in [2.24, 2.45) is 5.92 Å². The molecule has 0 unspecified atom stereocenters. The SMILES string of the molecule is COC(=O)[C@@H]1OC(=O)[C@H](C(=O)OC(C)(C)C)[C@@H]1c1ccccc1. The molecule has 6 heteroatoms. The summed E-state index contributed by atoms with van der Waals surface area (Å²) in [6, 6.07) is 8.80. The number of cyclic esters (lactones) is 1. The fraction of sp³-hybridized carbons (Fsp3) is 0.471. The molecule has 1 fully saturated rings. The smallest absolute Gasteiger partial charge is 0.347 e. The highest BCUT2D eigenvalue weighted by Crippen LogP contribution is 2.39. The Morgan fingerprint density at radius 3 is 2.22 bits per heavy atom. The van der Waals surface area contributed by atoms with Crippen LogP contribution in [-0.4, -0.2) is 36.7 Å². The van der Waals surface area contributed by atoms with Gasteiger partial charge in [-0.3, -0.25) is 9.59 Å². The molecule has 0 amide bonds. The minimum Gasteiger partial charge on any atom is -0.466 e. The monoisotopic (exact) mass is 320 g/mol. The number of hydrogen-bond acceptors (Lipinski definition) is 6. The predicted octanol–water partition coefficient (Wildman–Crippen LogP) is 1.83. The minimum atomic E-state index is -1.19. The molecule has 0 spiro atoms. The first kappa shape index (κ1) is 17.0. The van der Waals surface area contributed by atoms with Crippen LogP contribution in [-0.2, 0) is 28.6 Å². The molecule has 1 heterocycles. The van der Waals surface area contributed by atoms with Gasteiger partial charge < -0.3 is 14.2 Å². The lowest BCUT2D eigenvalue weighted by molar-refractivity contribution is -0.166. The number of rotatable bonds is 3. The number of esters is 3. The molecule has 0 radical (unpaired) electrons. The van der Waals surface area contributed by atoms with Gasteiger partial charge in [0.2, 0.25) is 6.10 Å². The Kier molecular flexibility index (Phi) is 4.73. The van der Waals surface area contributed by atoms with E-state index in [1.807, 2.05) is 0 Å². The zero-order valence-electron chi connectivity index (χ0n) is 13.6. The van der Waals surface area contributed by atoms with Gasteiger partial charge in [0, 0.05) is 0 Å². The number of benzene rings is 1. The van der Waals surface area contributed by atoms with Crippen molar-refractivity contribution in [3.05, 3.63) is 35.9 Å². The third-order valence-electron chi connectivity index (χ3n) is 3.46.